The fourth-order valence-electron chi connectivity index (χ4n) is 2.56. The van der Waals surface area contributed by atoms with E-state index in [9.17, 15) is 8.42 Å². The maximum Gasteiger partial charge on any atom is 0.235 e. The Morgan fingerprint density at radius 2 is 1.96 bits per heavy atom. The van der Waals surface area contributed by atoms with Crippen molar-refractivity contribution in [3.8, 4) is 5.75 Å². The summed E-state index contributed by atoms with van der Waals surface area (Å²) in [4.78, 5) is 8.09. The van der Waals surface area contributed by atoms with Crippen LogP contribution in [0, 0.1) is 0 Å². The quantitative estimate of drug-likeness (QED) is 0.793. The van der Waals surface area contributed by atoms with Gasteiger partial charge in [0.05, 0.1) is 5.25 Å². The number of allylic oxidation sites excluding steroid dienone is 1. The summed E-state index contributed by atoms with van der Waals surface area (Å²) in [5, 5.41) is -0.543. The van der Waals surface area contributed by atoms with Crippen molar-refractivity contribution in [3.05, 3.63) is 49.0 Å². The summed E-state index contributed by atoms with van der Waals surface area (Å²) in [5.74, 6) is 0.657. The van der Waals surface area contributed by atoms with Crippen LogP contribution in [0.4, 0.5) is 5.69 Å². The molecule has 0 fully saturated rings. The molecule has 0 saturated heterocycles. The van der Waals surface area contributed by atoms with Gasteiger partial charge in [-0.3, -0.25) is 4.72 Å². The van der Waals surface area contributed by atoms with Crippen molar-refractivity contribution in [2.45, 2.75) is 44.0 Å². The molecule has 1 aliphatic rings. The Kier molecular flexibility index (Phi) is 5.08. The van der Waals surface area contributed by atoms with Gasteiger partial charge >= 0.3 is 0 Å². The molecule has 3 rings (SSSR count). The van der Waals surface area contributed by atoms with Crippen molar-refractivity contribution < 1.29 is 17.6 Å². The second-order valence-corrected chi connectivity index (χ2v) is 8.48. The highest BCUT2D eigenvalue weighted by Gasteiger charge is 2.23. The van der Waals surface area contributed by atoms with E-state index in [1.165, 1.54) is 18.9 Å². The van der Waals surface area contributed by atoms with Gasteiger partial charge in [0.1, 0.15) is 30.6 Å². The molecular formula is C17H21N3O4S. The molecule has 1 unspecified atom stereocenters. The van der Waals surface area contributed by atoms with E-state index >= 15 is 0 Å². The van der Waals surface area contributed by atoms with Crippen molar-refractivity contribution in [1.29, 1.82) is 0 Å². The number of aromatic nitrogens is 2. The van der Waals surface area contributed by atoms with Crippen LogP contribution in [0.5, 0.6) is 5.75 Å². The van der Waals surface area contributed by atoms with Crippen LogP contribution in [-0.2, 0) is 10.0 Å². The number of hydrogen-bond acceptors (Lipinski definition) is 6. The minimum Gasteiger partial charge on any atom is -0.481 e. The fraction of sp³-hybridized carbons (Fsp3) is 0.412. The second-order valence-electron chi connectivity index (χ2n) is 6.24. The lowest BCUT2D eigenvalue weighted by atomic mass is 9.90. The molecule has 8 heteroatoms. The molecule has 2 aromatic rings. The molecule has 0 amide bonds. The highest BCUT2D eigenvalue weighted by molar-refractivity contribution is 7.93. The zero-order valence-corrected chi connectivity index (χ0v) is 14.9. The first-order chi connectivity index (χ1) is 12.0. The van der Waals surface area contributed by atoms with Crippen LogP contribution in [0.25, 0.3) is 0 Å². The summed E-state index contributed by atoms with van der Waals surface area (Å²) in [5.41, 5.74) is 1.39. The molecule has 134 valence electrons. The standard InChI is InChI=1S/C17H21N3O4S/c1-12(2)25(21,22)20-16-9-23-10-17(16)24-15-5-3-13(4-6-15)14-7-18-11-19-8-14/h3,5,7-13,15,20H,4,6H2,1-2H3/t13-,15?/m1/s1. The van der Waals surface area contributed by atoms with Crippen molar-refractivity contribution in [2.24, 2.45) is 0 Å². The van der Waals surface area contributed by atoms with Gasteiger partial charge in [-0.1, -0.05) is 6.08 Å². The number of nitrogens with one attached hydrogen (secondary N) is 1. The van der Waals surface area contributed by atoms with Crippen molar-refractivity contribution >= 4 is 15.7 Å². The van der Waals surface area contributed by atoms with Crippen molar-refractivity contribution in [1.82, 2.24) is 9.97 Å². The molecule has 1 aliphatic carbocycles. The molecule has 1 N–H and O–H groups in total. The Morgan fingerprint density at radius 3 is 2.60 bits per heavy atom. The molecule has 0 saturated carbocycles. The predicted molar refractivity (Wildman–Crippen MR) is 93.9 cm³/mol. The predicted octanol–water partition coefficient (Wildman–Crippen LogP) is 3.10. The molecule has 0 bridgehead atoms. The van der Waals surface area contributed by atoms with Crippen molar-refractivity contribution in [3.63, 3.8) is 0 Å². The Bertz CT molecular complexity index is 831. The Morgan fingerprint density at radius 1 is 1.20 bits per heavy atom. The number of rotatable bonds is 6. The van der Waals surface area contributed by atoms with E-state index in [1.807, 2.05) is 18.5 Å². The smallest absolute Gasteiger partial charge is 0.235 e. The van der Waals surface area contributed by atoms with Crippen LogP contribution in [0.15, 0.2) is 47.8 Å². The fourth-order valence-corrected chi connectivity index (χ4v) is 3.25. The average molecular weight is 363 g/mol. The number of ether oxygens (including phenoxy) is 1. The van der Waals surface area contributed by atoms with E-state index in [1.54, 1.807) is 13.8 Å². The van der Waals surface area contributed by atoms with Gasteiger partial charge in [0, 0.05) is 18.3 Å². The molecule has 2 atom stereocenters. The first-order valence-electron chi connectivity index (χ1n) is 8.13. The first-order valence-corrected chi connectivity index (χ1v) is 9.68. The third-order valence-electron chi connectivity index (χ3n) is 4.11. The molecule has 0 aliphatic heterocycles. The lowest BCUT2D eigenvalue weighted by molar-refractivity contribution is 0.225. The van der Waals surface area contributed by atoms with Crippen LogP contribution in [0.2, 0.25) is 0 Å². The van der Waals surface area contributed by atoms with E-state index < -0.39 is 15.3 Å². The van der Waals surface area contributed by atoms with Crippen LogP contribution < -0.4 is 9.46 Å². The summed E-state index contributed by atoms with van der Waals surface area (Å²) < 4.78 is 37.5. The minimum atomic E-state index is -3.45. The summed E-state index contributed by atoms with van der Waals surface area (Å²) in [7, 11) is -3.45. The highest BCUT2D eigenvalue weighted by Crippen LogP contribution is 2.32. The van der Waals surface area contributed by atoms with Crippen molar-refractivity contribution in [2.75, 3.05) is 4.72 Å². The van der Waals surface area contributed by atoms with Gasteiger partial charge in [-0.05, 0) is 38.3 Å². The molecule has 2 heterocycles. The van der Waals surface area contributed by atoms with Gasteiger partial charge in [-0.15, -0.1) is 0 Å². The van der Waals surface area contributed by atoms with E-state index in [4.69, 9.17) is 9.15 Å². The van der Waals surface area contributed by atoms with E-state index in [-0.39, 0.29) is 12.0 Å². The normalized spacial score (nSPS) is 20.6. The lowest BCUT2D eigenvalue weighted by Crippen LogP contribution is -2.23. The molecule has 2 aromatic heterocycles. The number of nitrogens with zero attached hydrogens (tertiary/aromatic N) is 2. The number of anilines is 1. The molecule has 7 nitrogen and oxygen atoms in total. The van der Waals surface area contributed by atoms with Gasteiger partial charge < -0.3 is 9.15 Å². The van der Waals surface area contributed by atoms with Crippen LogP contribution >= 0.6 is 0 Å². The monoisotopic (exact) mass is 363 g/mol. The van der Waals surface area contributed by atoms with Gasteiger partial charge in [-0.25, -0.2) is 18.4 Å². The molecule has 0 aromatic carbocycles. The third kappa shape index (κ3) is 4.19. The Labute approximate surface area is 147 Å². The van der Waals surface area contributed by atoms with Gasteiger partial charge in [0.25, 0.3) is 0 Å². The molecular weight excluding hydrogens is 342 g/mol. The number of hydrogen-bond donors (Lipinski definition) is 1. The van der Waals surface area contributed by atoms with Gasteiger partial charge in [0.2, 0.25) is 10.0 Å². The zero-order chi connectivity index (χ0) is 17.9. The molecule has 25 heavy (non-hydrogen) atoms. The average Bonchev–Trinajstić information content (AvgIpc) is 3.02. The van der Waals surface area contributed by atoms with Gasteiger partial charge in [-0.2, -0.15) is 0 Å². The van der Waals surface area contributed by atoms with Crippen LogP contribution in [-0.4, -0.2) is 29.7 Å². The Hall–Kier alpha value is -2.35. The topological polar surface area (TPSA) is 94.3 Å². The highest BCUT2D eigenvalue weighted by atomic mass is 32.2. The SMILES string of the molecule is CC(C)S(=O)(=O)Nc1cocc1OC1C=C[C@@H](c2cncnc2)CC1. The largest absolute Gasteiger partial charge is 0.481 e. The van der Waals surface area contributed by atoms with Crippen LogP contribution in [0.1, 0.15) is 38.2 Å². The second kappa shape index (κ2) is 7.26. The minimum absolute atomic E-state index is 0.138. The first kappa shape index (κ1) is 17.5. The van der Waals surface area contributed by atoms with E-state index in [2.05, 4.69) is 20.8 Å². The number of sulfonamides is 1. The zero-order valence-electron chi connectivity index (χ0n) is 14.1. The van der Waals surface area contributed by atoms with Gasteiger partial charge in [0.15, 0.2) is 5.75 Å². The van der Waals surface area contributed by atoms with E-state index in [0.717, 1.165) is 18.4 Å². The van der Waals surface area contributed by atoms with Crippen LogP contribution in [0.3, 0.4) is 0 Å². The summed E-state index contributed by atoms with van der Waals surface area (Å²) in [6.45, 7) is 3.22. The summed E-state index contributed by atoms with van der Waals surface area (Å²) in [6, 6.07) is 0. The van der Waals surface area contributed by atoms with E-state index in [0.29, 0.717) is 11.4 Å². The molecule has 0 spiro atoms. The summed E-state index contributed by atoms with van der Waals surface area (Å²) >= 11 is 0. The third-order valence-corrected chi connectivity index (χ3v) is 5.85. The maximum absolute atomic E-state index is 12.0. The molecule has 0 radical (unpaired) electrons. The lowest BCUT2D eigenvalue weighted by Gasteiger charge is -2.23. The Balaban J connectivity index is 1.66. The maximum atomic E-state index is 12.0. The summed E-state index contributed by atoms with van der Waals surface area (Å²) in [6.07, 6.45) is 13.5. The number of furan rings is 1.